The van der Waals surface area contributed by atoms with E-state index in [0.29, 0.717) is 23.7 Å². The van der Waals surface area contributed by atoms with Crippen molar-refractivity contribution in [1.82, 2.24) is 0 Å². The van der Waals surface area contributed by atoms with Crippen LogP contribution in [0.1, 0.15) is 65.2 Å². The lowest BCUT2D eigenvalue weighted by atomic mass is 9.48. The highest BCUT2D eigenvalue weighted by Gasteiger charge is 2.70. The average Bonchev–Trinajstić information content (AvgIpc) is 3.45. The van der Waals surface area contributed by atoms with Crippen LogP contribution in [0.5, 0.6) is 0 Å². The highest BCUT2D eigenvalue weighted by atomic mass is 19.1. The van der Waals surface area contributed by atoms with E-state index in [1.165, 1.54) is 37.8 Å². The van der Waals surface area contributed by atoms with Gasteiger partial charge in [0, 0.05) is 12.0 Å². The zero-order valence-corrected chi connectivity index (χ0v) is 19.8. The molecule has 5 saturated carbocycles. The molecule has 10 atom stereocenters. The molecular weight excluding hydrogens is 420 g/mol. The molecule has 180 valence electrons. The Morgan fingerprint density at radius 3 is 2.61 bits per heavy atom. The van der Waals surface area contributed by atoms with E-state index in [0.717, 1.165) is 49.5 Å². The average molecular weight is 458 g/mol. The first-order valence-corrected chi connectivity index (χ1v) is 13.1. The van der Waals surface area contributed by atoms with E-state index in [4.69, 9.17) is 0 Å². The second kappa shape index (κ2) is 7.50. The molecule has 5 heteroatoms. The molecule has 0 spiro atoms. The van der Waals surface area contributed by atoms with Gasteiger partial charge >= 0.3 is 0 Å². The number of carbonyl (C=O) groups excluding carboxylic acids is 1. The molecule has 1 aromatic carbocycles. The number of halogens is 2. The van der Waals surface area contributed by atoms with Gasteiger partial charge in [0.1, 0.15) is 11.6 Å². The molecule has 5 aliphatic rings. The maximum absolute atomic E-state index is 14.0. The SMILES string of the molecule is C[C@@]1(O)CC[C@H]2C(CC[C@@H]3[C@@H]2CC[C@@]2(C)[C@H]3[C@@H]3C[C@@H]3[C@@H]2C(=O)CNc2ccc(F)cc2F)C1. The number of anilines is 1. The molecule has 0 heterocycles. The number of Topliss-reactive ketones (excluding diaryl/α,β-unsaturated/α-hetero) is 1. The van der Waals surface area contributed by atoms with Crippen LogP contribution in [0, 0.1) is 64.4 Å². The smallest absolute Gasteiger partial charge is 0.155 e. The molecule has 1 aromatic rings. The number of carbonyl (C=O) groups is 1. The number of aliphatic hydroxyl groups is 1. The van der Waals surface area contributed by atoms with Crippen LogP contribution in [-0.2, 0) is 4.79 Å². The van der Waals surface area contributed by atoms with Crippen LogP contribution in [0.3, 0.4) is 0 Å². The molecule has 0 aliphatic heterocycles. The quantitative estimate of drug-likeness (QED) is 0.599. The van der Waals surface area contributed by atoms with Crippen molar-refractivity contribution in [2.45, 2.75) is 70.8 Å². The summed E-state index contributed by atoms with van der Waals surface area (Å²) in [6.45, 7) is 4.51. The van der Waals surface area contributed by atoms with Gasteiger partial charge in [-0.3, -0.25) is 4.79 Å². The van der Waals surface area contributed by atoms with Crippen molar-refractivity contribution in [2.24, 2.45) is 52.8 Å². The van der Waals surface area contributed by atoms with Gasteiger partial charge in [-0.05, 0) is 117 Å². The number of fused-ring (bicyclic) bond motifs is 7. The van der Waals surface area contributed by atoms with Gasteiger partial charge < -0.3 is 10.4 Å². The summed E-state index contributed by atoms with van der Waals surface area (Å²) in [7, 11) is 0. The predicted octanol–water partition coefficient (Wildman–Crippen LogP) is 5.82. The first-order valence-electron chi connectivity index (χ1n) is 13.1. The lowest BCUT2D eigenvalue weighted by Crippen LogP contribution is -2.52. The predicted molar refractivity (Wildman–Crippen MR) is 123 cm³/mol. The zero-order chi connectivity index (χ0) is 23.1. The summed E-state index contributed by atoms with van der Waals surface area (Å²) in [6.07, 6.45) is 9.04. The molecule has 6 rings (SSSR count). The second-order valence-electron chi connectivity index (χ2n) is 12.6. The molecule has 0 aromatic heterocycles. The van der Waals surface area contributed by atoms with E-state index in [9.17, 15) is 18.7 Å². The van der Waals surface area contributed by atoms with Crippen LogP contribution >= 0.6 is 0 Å². The Labute approximate surface area is 195 Å². The van der Waals surface area contributed by atoms with Crippen LogP contribution < -0.4 is 5.32 Å². The summed E-state index contributed by atoms with van der Waals surface area (Å²) in [6, 6.07) is 3.46. The molecule has 2 N–H and O–H groups in total. The number of nitrogens with one attached hydrogen (secondary N) is 1. The fraction of sp³-hybridized carbons (Fsp3) is 0.750. The third-order valence-electron chi connectivity index (χ3n) is 10.8. The molecule has 5 fully saturated rings. The number of benzene rings is 1. The van der Waals surface area contributed by atoms with E-state index < -0.39 is 17.2 Å². The standard InChI is InChI=1S/C28H37F2NO2/c1-27(33)9-7-17-15(13-27)3-5-19-18(17)8-10-28(2)25(19)20-12-21(20)26(28)24(32)14-31-23-6-4-16(29)11-22(23)30/h4,6,11,15,17-21,25-26,31,33H,3,5,7-10,12-14H2,1-2H3/t15?,17-,18+,19+,20+,21-,25+,26+,27+,28-/m0/s1. The summed E-state index contributed by atoms with van der Waals surface area (Å²) in [4.78, 5) is 13.5. The van der Waals surface area contributed by atoms with Crippen LogP contribution in [0.25, 0.3) is 0 Å². The molecule has 5 aliphatic carbocycles. The van der Waals surface area contributed by atoms with Gasteiger partial charge in [-0.25, -0.2) is 8.78 Å². The first-order chi connectivity index (χ1) is 15.7. The minimum Gasteiger partial charge on any atom is -0.390 e. The summed E-state index contributed by atoms with van der Waals surface area (Å²) >= 11 is 0. The third-order valence-corrected chi connectivity index (χ3v) is 10.8. The Kier molecular flexibility index (Phi) is 5.00. The molecule has 0 bridgehead atoms. The van der Waals surface area contributed by atoms with E-state index >= 15 is 0 Å². The van der Waals surface area contributed by atoms with Crippen molar-refractivity contribution < 1.29 is 18.7 Å². The minimum atomic E-state index is -0.647. The van der Waals surface area contributed by atoms with Gasteiger partial charge in [0.2, 0.25) is 0 Å². The zero-order valence-electron chi connectivity index (χ0n) is 19.8. The van der Waals surface area contributed by atoms with Gasteiger partial charge in [0.05, 0.1) is 17.8 Å². The summed E-state index contributed by atoms with van der Waals surface area (Å²) in [5.74, 6) is 3.75. The van der Waals surface area contributed by atoms with Crippen molar-refractivity contribution in [3.05, 3.63) is 29.8 Å². The fourth-order valence-corrected chi connectivity index (χ4v) is 9.58. The molecule has 3 nitrogen and oxygen atoms in total. The number of ketones is 1. The van der Waals surface area contributed by atoms with Crippen molar-refractivity contribution in [2.75, 3.05) is 11.9 Å². The Hall–Kier alpha value is -1.49. The summed E-state index contributed by atoms with van der Waals surface area (Å²) < 4.78 is 27.3. The molecule has 33 heavy (non-hydrogen) atoms. The maximum atomic E-state index is 14.0. The van der Waals surface area contributed by atoms with E-state index in [1.54, 1.807) is 0 Å². The van der Waals surface area contributed by atoms with Gasteiger partial charge in [-0.15, -0.1) is 0 Å². The van der Waals surface area contributed by atoms with Crippen molar-refractivity contribution >= 4 is 11.5 Å². The summed E-state index contributed by atoms with van der Waals surface area (Å²) in [5, 5.41) is 13.6. The Morgan fingerprint density at radius 2 is 1.82 bits per heavy atom. The monoisotopic (exact) mass is 457 g/mol. The van der Waals surface area contributed by atoms with Gasteiger partial charge in [-0.2, -0.15) is 0 Å². The lowest BCUT2D eigenvalue weighted by Gasteiger charge is -2.57. The summed E-state index contributed by atoms with van der Waals surface area (Å²) in [5.41, 5.74) is -0.227. The van der Waals surface area contributed by atoms with Crippen LogP contribution in [0.4, 0.5) is 14.5 Å². The topological polar surface area (TPSA) is 49.3 Å². The Morgan fingerprint density at radius 1 is 1.03 bits per heavy atom. The van der Waals surface area contributed by atoms with E-state index in [-0.39, 0.29) is 29.3 Å². The van der Waals surface area contributed by atoms with E-state index in [2.05, 4.69) is 12.2 Å². The second-order valence-corrected chi connectivity index (χ2v) is 12.6. The molecule has 1 unspecified atom stereocenters. The molecule has 0 saturated heterocycles. The number of hydrogen-bond acceptors (Lipinski definition) is 3. The normalized spacial score (nSPS) is 47.7. The molecule has 0 radical (unpaired) electrons. The van der Waals surface area contributed by atoms with Crippen molar-refractivity contribution in [3.63, 3.8) is 0 Å². The number of hydrogen-bond donors (Lipinski definition) is 2. The van der Waals surface area contributed by atoms with Gasteiger partial charge in [0.25, 0.3) is 0 Å². The van der Waals surface area contributed by atoms with E-state index in [1.807, 2.05) is 6.92 Å². The molecule has 0 amide bonds. The fourth-order valence-electron chi connectivity index (χ4n) is 9.58. The van der Waals surface area contributed by atoms with Crippen LogP contribution in [0.2, 0.25) is 0 Å². The van der Waals surface area contributed by atoms with Gasteiger partial charge in [-0.1, -0.05) is 6.92 Å². The van der Waals surface area contributed by atoms with Crippen LogP contribution in [0.15, 0.2) is 18.2 Å². The van der Waals surface area contributed by atoms with Crippen molar-refractivity contribution in [1.29, 1.82) is 0 Å². The maximum Gasteiger partial charge on any atom is 0.155 e. The number of rotatable bonds is 4. The highest BCUT2D eigenvalue weighted by molar-refractivity contribution is 5.87. The largest absolute Gasteiger partial charge is 0.390 e. The Balaban J connectivity index is 1.18. The minimum absolute atomic E-state index is 0.0574. The lowest BCUT2D eigenvalue weighted by molar-refractivity contribution is -0.134. The first kappa shape index (κ1) is 22.0. The third kappa shape index (κ3) is 3.47. The Bertz CT molecular complexity index is 963. The van der Waals surface area contributed by atoms with Gasteiger partial charge in [0.15, 0.2) is 5.78 Å². The molecular formula is C28H37F2NO2. The van der Waals surface area contributed by atoms with Crippen LogP contribution in [-0.4, -0.2) is 23.0 Å². The highest BCUT2D eigenvalue weighted by Crippen LogP contribution is 2.74. The van der Waals surface area contributed by atoms with Crippen molar-refractivity contribution in [3.8, 4) is 0 Å².